The normalized spacial score (nSPS) is 12.6. The minimum atomic E-state index is -1.08. The average molecular weight is 681 g/mol. The van der Waals surface area contributed by atoms with E-state index in [1.807, 2.05) is 27.7 Å². The molecule has 8 nitrogen and oxygen atoms in total. The molecule has 0 bridgehead atoms. The molecule has 1 unspecified atom stereocenters. The van der Waals surface area contributed by atoms with E-state index in [1.54, 1.807) is 41.5 Å². The fourth-order valence-electron chi connectivity index (χ4n) is 4.00. The molecule has 0 fully saturated rings. The van der Waals surface area contributed by atoms with E-state index in [0.717, 1.165) is 50.9 Å². The Bertz CT molecular complexity index is 1370. The zero-order valence-corrected chi connectivity index (χ0v) is 29.9. The molecule has 254 valence electrons. The van der Waals surface area contributed by atoms with E-state index < -0.39 is 52.8 Å². The molecular formula is C34H46F2N2O6S2. The van der Waals surface area contributed by atoms with Gasteiger partial charge in [0.25, 0.3) is 11.8 Å². The van der Waals surface area contributed by atoms with Gasteiger partial charge in [-0.25, -0.2) is 23.3 Å². The van der Waals surface area contributed by atoms with Crippen molar-refractivity contribution in [3.8, 4) is 0 Å². The maximum absolute atomic E-state index is 14.6. The molecule has 2 aromatic carbocycles. The van der Waals surface area contributed by atoms with Gasteiger partial charge in [0.2, 0.25) is 0 Å². The summed E-state index contributed by atoms with van der Waals surface area (Å²) in [6.45, 7) is 18.0. The molecule has 0 aliphatic carbocycles. The van der Waals surface area contributed by atoms with Gasteiger partial charge in [-0.15, -0.1) is 0 Å². The molecule has 3 amide bonds. The number of carbonyl (C=O) groups excluding carboxylic acids is 4. The second-order valence-corrected chi connectivity index (χ2v) is 15.8. The number of esters is 1. The van der Waals surface area contributed by atoms with Gasteiger partial charge in [0.1, 0.15) is 28.9 Å². The minimum Gasteiger partial charge on any atom is -0.458 e. The molecule has 0 aromatic heterocycles. The molecule has 2 rings (SSSR count). The van der Waals surface area contributed by atoms with E-state index in [-0.39, 0.29) is 40.8 Å². The third-order valence-electron chi connectivity index (χ3n) is 6.12. The number of ether oxygens (including phenoxy) is 2. The largest absolute Gasteiger partial charge is 0.458 e. The summed E-state index contributed by atoms with van der Waals surface area (Å²) >= 11 is 0. The second-order valence-electron chi connectivity index (χ2n) is 13.7. The molecule has 1 atom stereocenters. The van der Waals surface area contributed by atoms with Crippen molar-refractivity contribution in [1.82, 2.24) is 9.21 Å². The van der Waals surface area contributed by atoms with E-state index in [9.17, 15) is 28.0 Å². The lowest BCUT2D eigenvalue weighted by molar-refractivity contribution is -0.159. The molecule has 0 aliphatic rings. The van der Waals surface area contributed by atoms with Gasteiger partial charge in [0, 0.05) is 28.0 Å². The van der Waals surface area contributed by atoms with Crippen LogP contribution in [0.5, 0.6) is 0 Å². The Morgan fingerprint density at radius 3 is 1.87 bits per heavy atom. The molecule has 0 N–H and O–H groups in total. The van der Waals surface area contributed by atoms with Gasteiger partial charge in [-0.05, 0) is 119 Å². The van der Waals surface area contributed by atoms with Crippen LogP contribution in [0.4, 0.5) is 13.6 Å². The Labute approximate surface area is 279 Å². The van der Waals surface area contributed by atoms with Crippen molar-refractivity contribution < 1.29 is 37.4 Å². The number of nitrogens with zero attached hydrogens (tertiary/aromatic N) is 2. The van der Waals surface area contributed by atoms with Gasteiger partial charge in [-0.2, -0.15) is 0 Å². The lowest BCUT2D eigenvalue weighted by Gasteiger charge is -2.32. The van der Waals surface area contributed by atoms with Crippen molar-refractivity contribution in [1.29, 1.82) is 0 Å². The van der Waals surface area contributed by atoms with E-state index in [2.05, 4.69) is 0 Å². The number of benzene rings is 2. The third-order valence-corrected chi connectivity index (χ3v) is 8.54. The summed E-state index contributed by atoms with van der Waals surface area (Å²) in [6.07, 6.45) is -0.0941. The van der Waals surface area contributed by atoms with E-state index in [4.69, 9.17) is 9.47 Å². The smallest absolute Gasteiger partial charge is 0.417 e. The summed E-state index contributed by atoms with van der Waals surface area (Å²) < 4.78 is 40.8. The molecule has 0 heterocycles. The van der Waals surface area contributed by atoms with Crippen molar-refractivity contribution in [3.05, 3.63) is 65.2 Å². The van der Waals surface area contributed by atoms with Crippen LogP contribution in [-0.4, -0.2) is 56.9 Å². The fourth-order valence-corrected chi connectivity index (χ4v) is 6.42. The van der Waals surface area contributed by atoms with Crippen LogP contribution in [-0.2, 0) is 14.3 Å². The zero-order valence-electron chi connectivity index (χ0n) is 28.3. The van der Waals surface area contributed by atoms with Gasteiger partial charge in [-0.1, -0.05) is 27.7 Å². The summed E-state index contributed by atoms with van der Waals surface area (Å²) in [6, 6.07) is 7.34. The molecular weight excluding hydrogens is 635 g/mol. The maximum atomic E-state index is 14.6. The van der Waals surface area contributed by atoms with Crippen molar-refractivity contribution in [2.75, 3.05) is 6.54 Å². The third kappa shape index (κ3) is 12.6. The summed E-state index contributed by atoms with van der Waals surface area (Å²) in [5, 5.41) is 0. The van der Waals surface area contributed by atoms with Crippen molar-refractivity contribution >= 4 is 45.7 Å². The summed E-state index contributed by atoms with van der Waals surface area (Å²) in [4.78, 5) is 55.5. The van der Waals surface area contributed by atoms with E-state index in [1.165, 1.54) is 22.5 Å². The lowest BCUT2D eigenvalue weighted by Crippen LogP contribution is -2.44. The number of carbonyl (C=O) groups is 4. The number of rotatable bonds is 12. The predicted octanol–water partition coefficient (Wildman–Crippen LogP) is 8.94. The van der Waals surface area contributed by atoms with Crippen LogP contribution in [0, 0.1) is 23.5 Å². The zero-order chi connectivity index (χ0) is 35.0. The Morgan fingerprint density at radius 1 is 0.783 bits per heavy atom. The van der Waals surface area contributed by atoms with E-state index >= 15 is 0 Å². The van der Waals surface area contributed by atoms with Gasteiger partial charge in [0.15, 0.2) is 0 Å². The molecule has 0 saturated carbocycles. The molecule has 0 aliphatic heterocycles. The molecule has 0 spiro atoms. The number of imide groups is 1. The second kappa shape index (κ2) is 16.6. The van der Waals surface area contributed by atoms with Gasteiger partial charge >= 0.3 is 12.1 Å². The summed E-state index contributed by atoms with van der Waals surface area (Å²) in [7, 11) is 1.71. The molecule has 0 radical (unpaired) electrons. The first-order valence-corrected chi connectivity index (χ1v) is 17.3. The standard InChI is InChI=1S/C34H46F2N2O6S2/c1-21(2)17-18-37(32(42)44-34(8,9)10)30(40)26-16-15-25(36)20-28(26)45-46-38(29(39)23-11-13-24(35)14-12-23)27(19-22(3)4)31(41)43-33(5,6)7/h11-16,20-22,27H,17-19H2,1-10H3. The first kappa shape index (κ1) is 39.1. The summed E-state index contributed by atoms with van der Waals surface area (Å²) in [5.41, 5.74) is -1.58. The van der Waals surface area contributed by atoms with Crippen LogP contribution < -0.4 is 0 Å². The molecule has 46 heavy (non-hydrogen) atoms. The Kier molecular flexibility index (Phi) is 14.1. The van der Waals surface area contributed by atoms with E-state index in [0.29, 0.717) is 6.42 Å². The van der Waals surface area contributed by atoms with Crippen LogP contribution in [0.2, 0.25) is 0 Å². The monoisotopic (exact) mass is 680 g/mol. The molecule has 2 aromatic rings. The summed E-state index contributed by atoms with van der Waals surface area (Å²) in [5.74, 6) is -3.00. The highest BCUT2D eigenvalue weighted by molar-refractivity contribution is 8.76. The number of hydrogen-bond acceptors (Lipinski definition) is 8. The highest BCUT2D eigenvalue weighted by Crippen LogP contribution is 2.40. The molecule has 0 saturated heterocycles. The quantitative estimate of drug-likeness (QED) is 0.125. The average Bonchev–Trinajstić information content (AvgIpc) is 2.90. The minimum absolute atomic E-state index is 0.0142. The van der Waals surface area contributed by atoms with Crippen LogP contribution in [0.15, 0.2) is 47.4 Å². The van der Waals surface area contributed by atoms with Crippen molar-refractivity contribution in [3.63, 3.8) is 0 Å². The maximum Gasteiger partial charge on any atom is 0.417 e. The van der Waals surface area contributed by atoms with Gasteiger partial charge in [-0.3, -0.25) is 13.9 Å². The highest BCUT2D eigenvalue weighted by atomic mass is 33.1. The SMILES string of the molecule is CC(C)CCN(C(=O)OC(C)(C)C)C(=O)c1ccc(F)cc1SSN(C(=O)c1ccc(F)cc1)C(CC(C)C)C(=O)OC(C)(C)C. The Hall–Kier alpha value is -3.12. The lowest BCUT2D eigenvalue weighted by atomic mass is 10.0. The number of halogens is 2. The van der Waals surface area contributed by atoms with Crippen molar-refractivity contribution in [2.45, 2.75) is 104 Å². The number of hydrogen-bond donors (Lipinski definition) is 0. The highest BCUT2D eigenvalue weighted by Gasteiger charge is 2.36. The Balaban J connectivity index is 2.58. The predicted molar refractivity (Wildman–Crippen MR) is 178 cm³/mol. The van der Waals surface area contributed by atoms with Gasteiger partial charge < -0.3 is 9.47 Å². The fraction of sp³-hybridized carbons (Fsp3) is 0.529. The Morgan fingerprint density at radius 2 is 1.35 bits per heavy atom. The topological polar surface area (TPSA) is 93.2 Å². The van der Waals surface area contributed by atoms with Crippen LogP contribution in [0.25, 0.3) is 0 Å². The van der Waals surface area contributed by atoms with Crippen LogP contribution in [0.1, 0.15) is 103 Å². The molecule has 12 heteroatoms. The van der Waals surface area contributed by atoms with Crippen LogP contribution in [0.3, 0.4) is 0 Å². The van der Waals surface area contributed by atoms with Crippen molar-refractivity contribution in [2.24, 2.45) is 11.8 Å². The van der Waals surface area contributed by atoms with Gasteiger partial charge in [0.05, 0.1) is 5.56 Å². The van der Waals surface area contributed by atoms with Crippen LogP contribution >= 0.6 is 21.8 Å². The first-order valence-electron chi connectivity index (χ1n) is 15.2. The first-order chi connectivity index (χ1) is 21.2. The number of amides is 3.